The summed E-state index contributed by atoms with van der Waals surface area (Å²) in [4.78, 5) is 29.1. The van der Waals surface area contributed by atoms with Crippen LogP contribution in [0.3, 0.4) is 0 Å². The van der Waals surface area contributed by atoms with Gasteiger partial charge in [-0.2, -0.15) is 0 Å². The molecule has 3 N–H and O–H groups in total. The van der Waals surface area contributed by atoms with Crippen LogP contribution in [0, 0.1) is 5.92 Å². The van der Waals surface area contributed by atoms with Gasteiger partial charge in [0.15, 0.2) is 0 Å². The predicted molar refractivity (Wildman–Crippen MR) is 120 cm³/mol. The number of para-hydroxylation sites is 1. The summed E-state index contributed by atoms with van der Waals surface area (Å²) in [5, 5.41) is 4.02. The van der Waals surface area contributed by atoms with E-state index in [0.29, 0.717) is 29.2 Å². The van der Waals surface area contributed by atoms with Gasteiger partial charge in [-0.05, 0) is 35.6 Å². The van der Waals surface area contributed by atoms with E-state index < -0.39 is 5.91 Å². The highest BCUT2D eigenvalue weighted by Crippen LogP contribution is 2.23. The van der Waals surface area contributed by atoms with Crippen LogP contribution in [-0.2, 0) is 24.3 Å². The minimum atomic E-state index is -0.567. The van der Waals surface area contributed by atoms with Crippen molar-refractivity contribution in [2.45, 2.75) is 52.7 Å². The molecule has 0 saturated heterocycles. The van der Waals surface area contributed by atoms with E-state index in [-0.39, 0.29) is 18.1 Å². The number of primary amides is 1. The molecule has 0 aliphatic rings. The molecule has 6 heteroatoms. The van der Waals surface area contributed by atoms with Crippen LogP contribution in [0.5, 0.6) is 0 Å². The second kappa shape index (κ2) is 9.67. The Balaban J connectivity index is 1.91. The van der Waals surface area contributed by atoms with Crippen LogP contribution in [0.15, 0.2) is 53.3 Å². The van der Waals surface area contributed by atoms with Gasteiger partial charge in [0.25, 0.3) is 5.56 Å². The number of nitrogens with zero attached hydrogens (tertiary/aromatic N) is 2. The molecule has 3 aromatic rings. The molecule has 0 bridgehead atoms. The maximum atomic E-state index is 12.9. The number of hydrogen-bond acceptors (Lipinski definition) is 4. The summed E-state index contributed by atoms with van der Waals surface area (Å²) >= 11 is 0. The van der Waals surface area contributed by atoms with Crippen molar-refractivity contribution in [1.29, 1.82) is 0 Å². The first-order valence-electron chi connectivity index (χ1n) is 10.5. The van der Waals surface area contributed by atoms with Gasteiger partial charge in [-0.3, -0.25) is 14.2 Å². The summed E-state index contributed by atoms with van der Waals surface area (Å²) < 4.78 is 1.37. The molecule has 0 unspecified atom stereocenters. The Bertz CT molecular complexity index is 1070. The molecule has 1 atom stereocenters. The lowest BCUT2D eigenvalue weighted by Gasteiger charge is -2.24. The molecule has 0 spiro atoms. The zero-order valence-corrected chi connectivity index (χ0v) is 17.9. The molecule has 1 amide bonds. The topological polar surface area (TPSA) is 90.0 Å². The maximum absolute atomic E-state index is 12.9. The smallest absolute Gasteiger partial charge is 0.261 e. The van der Waals surface area contributed by atoms with E-state index in [1.54, 1.807) is 18.2 Å². The van der Waals surface area contributed by atoms with E-state index in [1.807, 2.05) is 6.07 Å². The summed E-state index contributed by atoms with van der Waals surface area (Å²) in [6.45, 7) is 6.65. The number of nitrogens with one attached hydrogen (secondary N) is 1. The third kappa shape index (κ3) is 4.94. The van der Waals surface area contributed by atoms with Crippen LogP contribution in [0.25, 0.3) is 10.9 Å². The van der Waals surface area contributed by atoms with Gasteiger partial charge in [0.2, 0.25) is 5.91 Å². The number of amides is 1. The number of benzene rings is 2. The van der Waals surface area contributed by atoms with E-state index >= 15 is 0 Å². The Morgan fingerprint density at radius 3 is 2.47 bits per heavy atom. The minimum absolute atomic E-state index is 0.0890. The lowest BCUT2D eigenvalue weighted by Crippen LogP contribution is -2.34. The van der Waals surface area contributed by atoms with E-state index in [1.165, 1.54) is 15.7 Å². The summed E-state index contributed by atoms with van der Waals surface area (Å²) in [6, 6.07) is 15.9. The van der Waals surface area contributed by atoms with Crippen molar-refractivity contribution in [3.63, 3.8) is 0 Å². The highest BCUT2D eigenvalue weighted by atomic mass is 16.2. The lowest BCUT2D eigenvalue weighted by molar-refractivity contribution is -0.118. The van der Waals surface area contributed by atoms with Crippen molar-refractivity contribution in [3.8, 4) is 0 Å². The first kappa shape index (κ1) is 21.7. The van der Waals surface area contributed by atoms with Gasteiger partial charge in [0.05, 0.1) is 17.4 Å². The van der Waals surface area contributed by atoms with E-state index in [0.717, 1.165) is 12.8 Å². The number of nitrogens with two attached hydrogens (primary N) is 1. The molecule has 6 nitrogen and oxygen atoms in total. The van der Waals surface area contributed by atoms with Gasteiger partial charge in [0.1, 0.15) is 12.4 Å². The Morgan fingerprint density at radius 2 is 1.83 bits per heavy atom. The average Bonchev–Trinajstić information content (AvgIpc) is 2.72. The van der Waals surface area contributed by atoms with Crippen LogP contribution in [-0.4, -0.2) is 15.5 Å². The predicted octanol–water partition coefficient (Wildman–Crippen LogP) is 3.32. The molecule has 0 saturated carbocycles. The molecule has 1 heterocycles. The second-order valence-corrected chi connectivity index (χ2v) is 8.00. The first-order chi connectivity index (χ1) is 14.4. The minimum Gasteiger partial charge on any atom is -0.368 e. The molecule has 30 heavy (non-hydrogen) atoms. The number of carbonyl (C=O) groups excluding carboxylic acids is 1. The quantitative estimate of drug-likeness (QED) is 0.570. The molecule has 2 aromatic carbocycles. The number of aromatic nitrogens is 2. The van der Waals surface area contributed by atoms with E-state index in [4.69, 9.17) is 5.73 Å². The Labute approximate surface area is 177 Å². The van der Waals surface area contributed by atoms with Crippen LogP contribution in [0.1, 0.15) is 50.2 Å². The molecule has 1 aromatic heterocycles. The molecule has 158 valence electrons. The van der Waals surface area contributed by atoms with Crippen molar-refractivity contribution in [2.75, 3.05) is 0 Å². The summed E-state index contributed by atoms with van der Waals surface area (Å²) in [5.74, 6) is 0.270. The largest absolute Gasteiger partial charge is 0.368 e. The third-order valence-electron chi connectivity index (χ3n) is 5.28. The van der Waals surface area contributed by atoms with Crippen LogP contribution < -0.4 is 16.6 Å². The molecular weight excluding hydrogens is 376 g/mol. The molecular formula is C24H30N4O2. The second-order valence-electron chi connectivity index (χ2n) is 8.00. The van der Waals surface area contributed by atoms with Gasteiger partial charge < -0.3 is 11.1 Å². The number of hydrogen-bond donors (Lipinski definition) is 2. The van der Waals surface area contributed by atoms with E-state index in [9.17, 15) is 9.59 Å². The standard InChI is InChI=1S/C24H30N4O2/c1-4-7-17-10-12-18(13-11-17)23(16(2)3)26-14-22-27-20-9-6-5-8-19(20)24(30)28(22)15-21(25)29/h5-6,8-13,16,23,26H,4,7,14-15H2,1-3H3,(H2,25,29)/t23-/m1/s1. The van der Waals surface area contributed by atoms with Crippen molar-refractivity contribution < 1.29 is 4.79 Å². The number of fused-ring (bicyclic) bond motifs is 1. The Morgan fingerprint density at radius 1 is 1.13 bits per heavy atom. The number of carbonyl (C=O) groups is 1. The van der Waals surface area contributed by atoms with Gasteiger partial charge in [-0.1, -0.05) is 63.6 Å². The monoisotopic (exact) mass is 406 g/mol. The first-order valence-corrected chi connectivity index (χ1v) is 10.5. The highest BCUT2D eigenvalue weighted by molar-refractivity contribution is 5.78. The molecule has 0 radical (unpaired) electrons. The van der Waals surface area contributed by atoms with Gasteiger partial charge in [-0.15, -0.1) is 0 Å². The van der Waals surface area contributed by atoms with Crippen molar-refractivity contribution in [1.82, 2.24) is 14.9 Å². The fraction of sp³-hybridized carbons (Fsp3) is 0.375. The fourth-order valence-electron chi connectivity index (χ4n) is 3.79. The van der Waals surface area contributed by atoms with Gasteiger partial charge in [-0.25, -0.2) is 4.98 Å². The Hall–Kier alpha value is -2.99. The zero-order chi connectivity index (χ0) is 21.7. The molecule has 0 aliphatic carbocycles. The normalized spacial score (nSPS) is 12.4. The zero-order valence-electron chi connectivity index (χ0n) is 17.9. The van der Waals surface area contributed by atoms with Crippen molar-refractivity contribution >= 4 is 16.8 Å². The molecule has 0 fully saturated rings. The van der Waals surface area contributed by atoms with Gasteiger partial charge >= 0.3 is 0 Å². The number of aryl methyl sites for hydroxylation is 1. The lowest BCUT2D eigenvalue weighted by atomic mass is 9.94. The maximum Gasteiger partial charge on any atom is 0.261 e. The molecule has 3 rings (SSSR count). The average molecular weight is 407 g/mol. The van der Waals surface area contributed by atoms with Crippen LogP contribution in [0.2, 0.25) is 0 Å². The van der Waals surface area contributed by atoms with Crippen molar-refractivity contribution in [2.24, 2.45) is 11.7 Å². The summed E-state index contributed by atoms with van der Waals surface area (Å²) in [5.41, 5.74) is 8.28. The van der Waals surface area contributed by atoms with Crippen molar-refractivity contribution in [3.05, 3.63) is 75.8 Å². The van der Waals surface area contributed by atoms with Gasteiger partial charge in [0, 0.05) is 6.04 Å². The Kier molecular flexibility index (Phi) is 7.00. The third-order valence-corrected chi connectivity index (χ3v) is 5.28. The highest BCUT2D eigenvalue weighted by Gasteiger charge is 2.18. The number of rotatable bonds is 9. The molecule has 0 aliphatic heterocycles. The van der Waals surface area contributed by atoms with Crippen LogP contribution >= 0.6 is 0 Å². The SMILES string of the molecule is CCCc1ccc([C@H](NCc2nc3ccccc3c(=O)n2CC(N)=O)C(C)C)cc1. The van der Waals surface area contributed by atoms with E-state index in [2.05, 4.69) is 55.3 Å². The summed E-state index contributed by atoms with van der Waals surface area (Å²) in [7, 11) is 0. The fourth-order valence-corrected chi connectivity index (χ4v) is 3.79. The summed E-state index contributed by atoms with van der Waals surface area (Å²) in [6.07, 6.45) is 2.19. The van der Waals surface area contributed by atoms with Crippen LogP contribution in [0.4, 0.5) is 0 Å².